The van der Waals surface area contributed by atoms with Gasteiger partial charge >= 0.3 is 0 Å². The molecule has 1 aliphatic heterocycles. The molecule has 2 rings (SSSR count). The van der Waals surface area contributed by atoms with Crippen molar-refractivity contribution in [3.05, 3.63) is 24.1 Å². The number of likely N-dealkylation sites (tertiary alicyclic amines) is 1. The van der Waals surface area contributed by atoms with Gasteiger partial charge in [0.1, 0.15) is 5.82 Å². The van der Waals surface area contributed by atoms with E-state index in [0.29, 0.717) is 11.9 Å². The quantitative estimate of drug-likeness (QED) is 0.795. The molecule has 0 spiro atoms. The number of aromatic nitrogens is 1. The summed E-state index contributed by atoms with van der Waals surface area (Å²) >= 11 is 0. The van der Waals surface area contributed by atoms with Crippen LogP contribution in [0.15, 0.2) is 18.2 Å². The lowest BCUT2D eigenvalue weighted by molar-refractivity contribution is 0.226. The molecule has 1 aromatic rings. The van der Waals surface area contributed by atoms with Crippen LogP contribution in [-0.4, -0.2) is 35.6 Å². The van der Waals surface area contributed by atoms with Crippen molar-refractivity contribution in [2.45, 2.75) is 25.8 Å². The normalized spacial score (nSPS) is 22.0. The molecule has 1 unspecified atom stereocenters. The number of hydrogen-bond donors (Lipinski definition) is 1. The highest BCUT2D eigenvalue weighted by molar-refractivity contribution is 5.35. The van der Waals surface area contributed by atoms with Crippen molar-refractivity contribution in [1.82, 2.24) is 9.88 Å². The first kappa shape index (κ1) is 11.3. The lowest BCUT2D eigenvalue weighted by Crippen LogP contribution is -2.41. The summed E-state index contributed by atoms with van der Waals surface area (Å²) < 4.78 is 12.9. The largest absolute Gasteiger partial charge is 0.366 e. The Morgan fingerprint density at radius 2 is 2.44 bits per heavy atom. The molecule has 1 fully saturated rings. The zero-order chi connectivity index (χ0) is 11.4. The number of piperidine rings is 1. The van der Waals surface area contributed by atoms with Crippen molar-refractivity contribution in [3.63, 3.8) is 0 Å². The van der Waals surface area contributed by atoms with E-state index in [1.807, 2.05) is 6.07 Å². The summed E-state index contributed by atoms with van der Waals surface area (Å²) in [5, 5.41) is 3.29. The molecule has 1 N–H and O–H groups in total. The number of anilines is 1. The third-order valence-electron chi connectivity index (χ3n) is 3.02. The van der Waals surface area contributed by atoms with Crippen LogP contribution in [0, 0.1) is 5.95 Å². The number of likely N-dealkylation sites (N-methyl/N-ethyl adjacent to an activating group) is 1. The van der Waals surface area contributed by atoms with Crippen LogP contribution in [-0.2, 0) is 0 Å². The van der Waals surface area contributed by atoms with E-state index in [2.05, 4.69) is 22.1 Å². The van der Waals surface area contributed by atoms with Gasteiger partial charge in [0.05, 0.1) is 0 Å². The zero-order valence-electron chi connectivity index (χ0n) is 9.62. The van der Waals surface area contributed by atoms with Gasteiger partial charge in [0.2, 0.25) is 5.95 Å². The molecule has 0 bridgehead atoms. The third kappa shape index (κ3) is 2.92. The first-order valence-electron chi connectivity index (χ1n) is 5.89. The number of nitrogens with one attached hydrogen (secondary N) is 1. The summed E-state index contributed by atoms with van der Waals surface area (Å²) in [5.74, 6) is 0.219. The molecule has 3 nitrogen and oxygen atoms in total. The Labute approximate surface area is 95.7 Å². The highest BCUT2D eigenvalue weighted by atomic mass is 19.1. The summed E-state index contributed by atoms with van der Waals surface area (Å²) in [5.41, 5.74) is 0. The summed E-state index contributed by atoms with van der Waals surface area (Å²) in [4.78, 5) is 6.23. The fourth-order valence-corrected chi connectivity index (χ4v) is 2.16. The molecule has 0 saturated carbocycles. The van der Waals surface area contributed by atoms with Crippen LogP contribution >= 0.6 is 0 Å². The number of pyridine rings is 1. The molecule has 1 aliphatic rings. The van der Waals surface area contributed by atoms with E-state index in [1.54, 1.807) is 6.07 Å². The lowest BCUT2D eigenvalue weighted by Gasteiger charge is -2.32. The highest BCUT2D eigenvalue weighted by Gasteiger charge is 2.18. The first-order chi connectivity index (χ1) is 7.78. The van der Waals surface area contributed by atoms with Crippen LogP contribution in [0.25, 0.3) is 0 Å². The van der Waals surface area contributed by atoms with Crippen molar-refractivity contribution < 1.29 is 4.39 Å². The zero-order valence-corrected chi connectivity index (χ0v) is 9.62. The SMILES string of the molecule is CCN1CCCC(Nc2cccc(F)n2)C1. The minimum absolute atomic E-state index is 0.392. The van der Waals surface area contributed by atoms with Crippen LogP contribution in [0.1, 0.15) is 19.8 Å². The van der Waals surface area contributed by atoms with E-state index in [-0.39, 0.29) is 0 Å². The van der Waals surface area contributed by atoms with Crippen LogP contribution < -0.4 is 5.32 Å². The van der Waals surface area contributed by atoms with Gasteiger partial charge in [-0.05, 0) is 38.1 Å². The van der Waals surface area contributed by atoms with Crippen molar-refractivity contribution >= 4 is 5.82 Å². The molecule has 0 aromatic carbocycles. The van der Waals surface area contributed by atoms with Gasteiger partial charge < -0.3 is 10.2 Å². The van der Waals surface area contributed by atoms with E-state index in [0.717, 1.165) is 19.5 Å². The maximum Gasteiger partial charge on any atom is 0.214 e. The van der Waals surface area contributed by atoms with Crippen molar-refractivity contribution in [3.8, 4) is 0 Å². The lowest BCUT2D eigenvalue weighted by atomic mass is 10.1. The third-order valence-corrected chi connectivity index (χ3v) is 3.02. The number of halogens is 1. The van der Waals surface area contributed by atoms with Crippen LogP contribution in [0.4, 0.5) is 10.2 Å². The first-order valence-corrected chi connectivity index (χ1v) is 5.89. The summed E-state index contributed by atoms with van der Waals surface area (Å²) in [7, 11) is 0. The molecule has 1 atom stereocenters. The van der Waals surface area contributed by atoms with E-state index in [9.17, 15) is 4.39 Å². The Hall–Kier alpha value is -1.16. The number of rotatable bonds is 3. The average Bonchev–Trinajstić information content (AvgIpc) is 2.29. The van der Waals surface area contributed by atoms with Gasteiger partial charge in [-0.1, -0.05) is 13.0 Å². The molecular weight excluding hydrogens is 205 g/mol. The van der Waals surface area contributed by atoms with Crippen molar-refractivity contribution in [2.75, 3.05) is 25.0 Å². The molecule has 4 heteroatoms. The Kier molecular flexibility index (Phi) is 3.72. The van der Waals surface area contributed by atoms with Gasteiger partial charge in [-0.25, -0.2) is 4.98 Å². The Balaban J connectivity index is 1.94. The molecule has 0 radical (unpaired) electrons. The standard InChI is InChI=1S/C12H18FN3/c1-2-16-8-4-5-10(9-16)14-12-7-3-6-11(13)15-12/h3,6-7,10H,2,4-5,8-9H2,1H3,(H,14,15). The predicted octanol–water partition coefficient (Wildman–Crippen LogP) is 2.12. The molecule has 1 saturated heterocycles. The van der Waals surface area contributed by atoms with Crippen molar-refractivity contribution in [1.29, 1.82) is 0 Å². The predicted molar refractivity (Wildman–Crippen MR) is 63.0 cm³/mol. The minimum Gasteiger partial charge on any atom is -0.366 e. The summed E-state index contributed by atoms with van der Waals surface area (Å²) in [6.45, 7) is 5.44. The molecule has 2 heterocycles. The monoisotopic (exact) mass is 223 g/mol. The maximum absolute atomic E-state index is 12.9. The average molecular weight is 223 g/mol. The van der Waals surface area contributed by atoms with E-state index in [1.165, 1.54) is 19.0 Å². The Morgan fingerprint density at radius 1 is 1.56 bits per heavy atom. The Bertz CT molecular complexity index is 343. The van der Waals surface area contributed by atoms with Gasteiger partial charge in [-0.15, -0.1) is 0 Å². The van der Waals surface area contributed by atoms with Crippen LogP contribution in [0.3, 0.4) is 0 Å². The fourth-order valence-electron chi connectivity index (χ4n) is 2.16. The van der Waals surface area contributed by atoms with Gasteiger partial charge in [-0.3, -0.25) is 0 Å². The molecule has 88 valence electrons. The maximum atomic E-state index is 12.9. The second-order valence-corrected chi connectivity index (χ2v) is 4.22. The smallest absolute Gasteiger partial charge is 0.214 e. The minimum atomic E-state index is -0.423. The van der Waals surface area contributed by atoms with Gasteiger partial charge in [0, 0.05) is 12.6 Å². The van der Waals surface area contributed by atoms with Crippen LogP contribution in [0.2, 0.25) is 0 Å². The van der Waals surface area contributed by atoms with E-state index < -0.39 is 5.95 Å². The van der Waals surface area contributed by atoms with Crippen molar-refractivity contribution in [2.24, 2.45) is 0 Å². The molecule has 1 aromatic heterocycles. The van der Waals surface area contributed by atoms with E-state index in [4.69, 9.17) is 0 Å². The van der Waals surface area contributed by atoms with Gasteiger partial charge in [-0.2, -0.15) is 4.39 Å². The second kappa shape index (κ2) is 5.25. The highest BCUT2D eigenvalue weighted by Crippen LogP contribution is 2.14. The molecule has 0 aliphatic carbocycles. The summed E-state index contributed by atoms with van der Waals surface area (Å²) in [6, 6.07) is 5.26. The molecular formula is C12H18FN3. The van der Waals surface area contributed by atoms with E-state index >= 15 is 0 Å². The molecule has 16 heavy (non-hydrogen) atoms. The topological polar surface area (TPSA) is 28.2 Å². The van der Waals surface area contributed by atoms with Gasteiger partial charge in [0.25, 0.3) is 0 Å². The summed E-state index contributed by atoms with van der Waals surface area (Å²) in [6.07, 6.45) is 2.33. The Morgan fingerprint density at radius 3 is 3.19 bits per heavy atom. The number of nitrogens with zero attached hydrogens (tertiary/aromatic N) is 2. The fraction of sp³-hybridized carbons (Fsp3) is 0.583. The van der Waals surface area contributed by atoms with Gasteiger partial charge in [0.15, 0.2) is 0 Å². The number of hydrogen-bond acceptors (Lipinski definition) is 3. The van der Waals surface area contributed by atoms with Crippen LogP contribution in [0.5, 0.6) is 0 Å². The second-order valence-electron chi connectivity index (χ2n) is 4.22. The molecule has 0 amide bonds.